The predicted octanol–water partition coefficient (Wildman–Crippen LogP) is 2.10. The van der Waals surface area contributed by atoms with E-state index in [1.807, 2.05) is 0 Å². The first-order valence-corrected chi connectivity index (χ1v) is 5.68. The van der Waals surface area contributed by atoms with Gasteiger partial charge in [-0.25, -0.2) is 0 Å². The Kier molecular flexibility index (Phi) is 2.92. The molecule has 1 atom stereocenters. The third kappa shape index (κ3) is 1.79. The lowest BCUT2D eigenvalue weighted by Gasteiger charge is -2.07. The van der Waals surface area contributed by atoms with E-state index in [-0.39, 0.29) is 11.2 Å². The van der Waals surface area contributed by atoms with E-state index in [1.54, 1.807) is 6.92 Å². The second kappa shape index (κ2) is 3.44. The first kappa shape index (κ1) is 11.9. The fourth-order valence-corrected chi connectivity index (χ4v) is 2.29. The van der Waals surface area contributed by atoms with Crippen molar-refractivity contribution in [3.8, 4) is 0 Å². The Hall–Kier alpha value is -0.180. The van der Waals surface area contributed by atoms with E-state index >= 15 is 0 Å². The largest absolute Gasteiger partial charge is 0.355 e. The Morgan fingerprint density at radius 3 is 2.07 bits per heavy atom. The van der Waals surface area contributed by atoms with Crippen LogP contribution < -0.4 is 5.32 Å². The van der Waals surface area contributed by atoms with Gasteiger partial charge in [0.15, 0.2) is 0 Å². The molecule has 0 radical (unpaired) electrons. The van der Waals surface area contributed by atoms with Gasteiger partial charge >= 0.3 is 0 Å². The van der Waals surface area contributed by atoms with Gasteiger partial charge in [-0.3, -0.25) is 4.79 Å². The van der Waals surface area contributed by atoms with E-state index in [2.05, 4.69) is 45.6 Å². The molecule has 0 aromatic carbocycles. The van der Waals surface area contributed by atoms with E-state index in [0.717, 1.165) is 6.54 Å². The van der Waals surface area contributed by atoms with E-state index in [4.69, 9.17) is 0 Å². The molecule has 14 heavy (non-hydrogen) atoms. The van der Waals surface area contributed by atoms with E-state index in [1.165, 1.54) is 0 Å². The maximum absolute atomic E-state index is 11.3. The Balaban J connectivity index is 2.40. The van der Waals surface area contributed by atoms with Crippen LogP contribution in [0.1, 0.15) is 34.6 Å². The standard InChI is InChI=1S/C11H21NOS/c1-7(14)9(13)12-6-8-10(2,3)11(8,4)5/h7-8,14H,6H2,1-5H3,(H,12,13). The minimum atomic E-state index is -0.208. The van der Waals surface area contributed by atoms with Crippen molar-refractivity contribution < 1.29 is 4.79 Å². The molecule has 0 aromatic heterocycles. The average Bonchev–Trinajstić information content (AvgIpc) is 2.39. The fraction of sp³-hybridized carbons (Fsp3) is 0.909. The summed E-state index contributed by atoms with van der Waals surface area (Å²) in [7, 11) is 0. The number of carbonyl (C=O) groups excluding carboxylic acids is 1. The molecule has 0 bridgehead atoms. The van der Waals surface area contributed by atoms with Crippen molar-refractivity contribution in [2.24, 2.45) is 16.7 Å². The highest BCUT2D eigenvalue weighted by Gasteiger charge is 2.64. The van der Waals surface area contributed by atoms with Crippen LogP contribution >= 0.6 is 12.6 Å². The van der Waals surface area contributed by atoms with Crippen molar-refractivity contribution in [2.45, 2.75) is 39.9 Å². The van der Waals surface area contributed by atoms with E-state index in [9.17, 15) is 4.79 Å². The van der Waals surface area contributed by atoms with Crippen LogP contribution in [0.3, 0.4) is 0 Å². The van der Waals surface area contributed by atoms with Crippen LogP contribution in [0, 0.1) is 16.7 Å². The van der Waals surface area contributed by atoms with Crippen molar-refractivity contribution in [3.63, 3.8) is 0 Å². The molecule has 1 rings (SSSR count). The molecule has 1 saturated carbocycles. The molecule has 1 fully saturated rings. The molecule has 0 aliphatic heterocycles. The molecule has 1 amide bonds. The van der Waals surface area contributed by atoms with Crippen LogP contribution in [0.25, 0.3) is 0 Å². The average molecular weight is 215 g/mol. The molecular formula is C11H21NOS. The summed E-state index contributed by atoms with van der Waals surface area (Å²) in [6, 6.07) is 0. The van der Waals surface area contributed by atoms with Gasteiger partial charge < -0.3 is 5.32 Å². The SMILES string of the molecule is CC(S)C(=O)NCC1C(C)(C)C1(C)C. The number of rotatable bonds is 3. The Morgan fingerprint density at radius 1 is 1.36 bits per heavy atom. The summed E-state index contributed by atoms with van der Waals surface area (Å²) in [4.78, 5) is 11.3. The van der Waals surface area contributed by atoms with Gasteiger partial charge in [-0.05, 0) is 23.7 Å². The number of nitrogens with one attached hydrogen (secondary N) is 1. The molecule has 1 unspecified atom stereocenters. The minimum Gasteiger partial charge on any atom is -0.355 e. The molecule has 0 saturated heterocycles. The van der Waals surface area contributed by atoms with Crippen LogP contribution in [0.2, 0.25) is 0 Å². The third-order valence-corrected chi connectivity index (χ3v) is 4.41. The quantitative estimate of drug-likeness (QED) is 0.694. The highest BCUT2D eigenvalue weighted by atomic mass is 32.1. The molecule has 3 heteroatoms. The summed E-state index contributed by atoms with van der Waals surface area (Å²) in [6.07, 6.45) is 0. The van der Waals surface area contributed by atoms with Gasteiger partial charge in [0.1, 0.15) is 0 Å². The van der Waals surface area contributed by atoms with Crippen LogP contribution in [0.5, 0.6) is 0 Å². The lowest BCUT2D eigenvalue weighted by Crippen LogP contribution is -2.32. The highest BCUT2D eigenvalue weighted by molar-refractivity contribution is 7.81. The topological polar surface area (TPSA) is 29.1 Å². The second-order valence-corrected chi connectivity index (χ2v) is 6.19. The number of carbonyl (C=O) groups is 1. The van der Waals surface area contributed by atoms with Gasteiger partial charge in [0, 0.05) is 6.54 Å². The van der Waals surface area contributed by atoms with Crippen molar-refractivity contribution in [1.82, 2.24) is 5.32 Å². The third-order valence-electron chi connectivity index (χ3n) is 4.18. The summed E-state index contributed by atoms with van der Waals surface area (Å²) in [6.45, 7) is 11.6. The van der Waals surface area contributed by atoms with Crippen LogP contribution in [0.4, 0.5) is 0 Å². The van der Waals surface area contributed by atoms with Crippen molar-refractivity contribution >= 4 is 18.5 Å². The molecule has 1 aliphatic carbocycles. The van der Waals surface area contributed by atoms with Gasteiger partial charge in [0.25, 0.3) is 0 Å². The monoisotopic (exact) mass is 215 g/mol. The summed E-state index contributed by atoms with van der Waals surface area (Å²) in [5.41, 5.74) is 0.695. The van der Waals surface area contributed by atoms with E-state index in [0.29, 0.717) is 16.7 Å². The summed E-state index contributed by atoms with van der Waals surface area (Å²) in [5.74, 6) is 0.623. The lowest BCUT2D eigenvalue weighted by atomic mass is 10.0. The van der Waals surface area contributed by atoms with Crippen LogP contribution in [-0.2, 0) is 4.79 Å². The Labute approximate surface area is 92.2 Å². The fourth-order valence-electron chi connectivity index (χ4n) is 2.19. The number of amides is 1. The number of thiol groups is 1. The van der Waals surface area contributed by atoms with Gasteiger partial charge in [-0.2, -0.15) is 12.6 Å². The summed E-state index contributed by atoms with van der Waals surface area (Å²) >= 11 is 4.09. The minimum absolute atomic E-state index is 0.0341. The van der Waals surface area contributed by atoms with Gasteiger partial charge in [-0.15, -0.1) is 0 Å². The zero-order valence-electron chi connectivity index (χ0n) is 9.72. The lowest BCUT2D eigenvalue weighted by molar-refractivity contribution is -0.120. The van der Waals surface area contributed by atoms with Gasteiger partial charge in [-0.1, -0.05) is 27.7 Å². The highest BCUT2D eigenvalue weighted by Crippen LogP contribution is 2.67. The second-order valence-electron chi connectivity index (χ2n) is 5.42. The molecule has 0 heterocycles. The van der Waals surface area contributed by atoms with Crippen molar-refractivity contribution in [2.75, 3.05) is 6.54 Å². The predicted molar refractivity (Wildman–Crippen MR) is 62.5 cm³/mol. The van der Waals surface area contributed by atoms with Crippen LogP contribution in [0.15, 0.2) is 0 Å². The smallest absolute Gasteiger partial charge is 0.232 e. The van der Waals surface area contributed by atoms with Crippen molar-refractivity contribution in [3.05, 3.63) is 0 Å². The van der Waals surface area contributed by atoms with Crippen molar-refractivity contribution in [1.29, 1.82) is 0 Å². The number of hydrogen-bond donors (Lipinski definition) is 2. The first-order chi connectivity index (χ1) is 6.21. The van der Waals surface area contributed by atoms with Crippen LogP contribution in [-0.4, -0.2) is 17.7 Å². The molecule has 0 aromatic rings. The summed E-state index contributed by atoms with van der Waals surface area (Å²) in [5, 5.41) is 2.73. The maximum Gasteiger partial charge on any atom is 0.232 e. The van der Waals surface area contributed by atoms with Gasteiger partial charge in [0.05, 0.1) is 5.25 Å². The van der Waals surface area contributed by atoms with Gasteiger partial charge in [0.2, 0.25) is 5.91 Å². The zero-order chi connectivity index (χ0) is 11.1. The normalized spacial score (nSPS) is 25.6. The maximum atomic E-state index is 11.3. The Bertz CT molecular complexity index is 232. The zero-order valence-corrected chi connectivity index (χ0v) is 10.6. The molecule has 0 spiro atoms. The molecular weight excluding hydrogens is 194 g/mol. The first-order valence-electron chi connectivity index (χ1n) is 5.17. The molecule has 1 N–H and O–H groups in total. The summed E-state index contributed by atoms with van der Waals surface area (Å²) < 4.78 is 0. The van der Waals surface area contributed by atoms with E-state index < -0.39 is 0 Å². The molecule has 1 aliphatic rings. The molecule has 2 nitrogen and oxygen atoms in total. The molecule has 82 valence electrons. The Morgan fingerprint density at radius 2 is 1.79 bits per heavy atom. The number of hydrogen-bond acceptors (Lipinski definition) is 2.